The molecule has 0 aromatic heterocycles. The topological polar surface area (TPSA) is 86.7 Å². The van der Waals surface area contributed by atoms with Crippen LogP contribution in [0.3, 0.4) is 0 Å². The maximum atomic E-state index is 12.5. The summed E-state index contributed by atoms with van der Waals surface area (Å²) in [5, 5.41) is 12.1. The lowest BCUT2D eigenvalue weighted by molar-refractivity contribution is -0.148. The smallest absolute Gasteiger partial charge is 0.329 e. The number of likely N-dealkylation sites (tertiary alicyclic amines) is 1. The van der Waals surface area contributed by atoms with Crippen LogP contribution in [0.2, 0.25) is 0 Å². The molecule has 1 aliphatic heterocycles. The highest BCUT2D eigenvalue weighted by Crippen LogP contribution is 2.40. The molecule has 0 spiro atoms. The first-order valence-corrected chi connectivity index (χ1v) is 8.26. The largest absolute Gasteiger partial charge is 0.480 e. The zero-order valence-electron chi connectivity index (χ0n) is 13.0. The third kappa shape index (κ3) is 2.71. The molecule has 2 saturated carbocycles. The summed E-state index contributed by atoms with van der Waals surface area (Å²) >= 11 is 0. The van der Waals surface area contributed by atoms with Gasteiger partial charge in [-0.25, -0.2) is 4.79 Å². The van der Waals surface area contributed by atoms with Gasteiger partial charge in [-0.3, -0.25) is 9.59 Å². The number of amides is 2. The Morgan fingerprint density at radius 2 is 1.86 bits per heavy atom. The Bertz CT molecular complexity index is 496. The molecule has 0 aromatic carbocycles. The van der Waals surface area contributed by atoms with Crippen molar-refractivity contribution < 1.29 is 19.5 Å². The van der Waals surface area contributed by atoms with Crippen molar-refractivity contribution in [2.45, 2.75) is 63.5 Å². The Morgan fingerprint density at radius 3 is 2.41 bits per heavy atom. The van der Waals surface area contributed by atoms with E-state index in [1.165, 1.54) is 0 Å². The summed E-state index contributed by atoms with van der Waals surface area (Å²) in [6.07, 6.45) is 6.21. The Balaban J connectivity index is 1.63. The van der Waals surface area contributed by atoms with Crippen LogP contribution in [0.15, 0.2) is 0 Å². The molecule has 6 nitrogen and oxygen atoms in total. The Labute approximate surface area is 130 Å². The van der Waals surface area contributed by atoms with E-state index in [-0.39, 0.29) is 30.2 Å². The fourth-order valence-electron chi connectivity index (χ4n) is 3.82. The molecular weight excluding hydrogens is 284 g/mol. The van der Waals surface area contributed by atoms with E-state index in [4.69, 9.17) is 0 Å². The molecule has 3 fully saturated rings. The molecule has 6 heteroatoms. The Morgan fingerprint density at radius 1 is 1.23 bits per heavy atom. The quantitative estimate of drug-likeness (QED) is 0.797. The first-order chi connectivity index (χ1) is 10.4. The van der Waals surface area contributed by atoms with Gasteiger partial charge in [-0.05, 0) is 38.5 Å². The van der Waals surface area contributed by atoms with Crippen molar-refractivity contribution in [1.82, 2.24) is 10.2 Å². The molecule has 0 radical (unpaired) electrons. The van der Waals surface area contributed by atoms with Crippen molar-refractivity contribution in [1.29, 1.82) is 0 Å². The van der Waals surface area contributed by atoms with Gasteiger partial charge < -0.3 is 15.3 Å². The first-order valence-electron chi connectivity index (χ1n) is 8.26. The molecular formula is C16H24N2O4. The molecule has 3 aliphatic rings. The molecule has 0 bridgehead atoms. The third-order valence-electron chi connectivity index (χ3n) is 5.52. The molecule has 0 aromatic rings. The molecule has 22 heavy (non-hydrogen) atoms. The number of rotatable bonds is 5. The molecule has 1 saturated heterocycles. The summed E-state index contributed by atoms with van der Waals surface area (Å²) in [7, 11) is 0. The minimum absolute atomic E-state index is 0.0111. The van der Waals surface area contributed by atoms with E-state index in [0.717, 1.165) is 38.5 Å². The fraction of sp³-hybridized carbons (Fsp3) is 0.812. The van der Waals surface area contributed by atoms with E-state index in [1.807, 2.05) is 4.90 Å². The van der Waals surface area contributed by atoms with Gasteiger partial charge in [0.25, 0.3) is 0 Å². The van der Waals surface area contributed by atoms with Crippen molar-refractivity contribution in [2.24, 2.45) is 11.8 Å². The number of carboxylic acids is 1. The zero-order chi connectivity index (χ0) is 15.9. The molecule has 2 unspecified atom stereocenters. The van der Waals surface area contributed by atoms with Gasteiger partial charge >= 0.3 is 5.97 Å². The van der Waals surface area contributed by atoms with E-state index in [1.54, 1.807) is 6.92 Å². The van der Waals surface area contributed by atoms with Crippen LogP contribution >= 0.6 is 0 Å². The van der Waals surface area contributed by atoms with Gasteiger partial charge in [0.15, 0.2) is 0 Å². The Hall–Kier alpha value is -1.59. The summed E-state index contributed by atoms with van der Waals surface area (Å²) in [5.41, 5.74) is -1.19. The van der Waals surface area contributed by atoms with E-state index in [0.29, 0.717) is 6.54 Å². The monoisotopic (exact) mass is 308 g/mol. The highest BCUT2D eigenvalue weighted by Gasteiger charge is 2.50. The molecule has 2 aliphatic carbocycles. The van der Waals surface area contributed by atoms with Gasteiger partial charge in [0.2, 0.25) is 11.8 Å². The maximum Gasteiger partial charge on any atom is 0.329 e. The highest BCUT2D eigenvalue weighted by atomic mass is 16.4. The van der Waals surface area contributed by atoms with Crippen LogP contribution in [0.4, 0.5) is 0 Å². The van der Waals surface area contributed by atoms with Crippen LogP contribution < -0.4 is 5.32 Å². The predicted molar refractivity (Wildman–Crippen MR) is 79.0 cm³/mol. The maximum absolute atomic E-state index is 12.5. The highest BCUT2D eigenvalue weighted by molar-refractivity contribution is 5.93. The summed E-state index contributed by atoms with van der Waals surface area (Å²) < 4.78 is 0. The molecule has 3 rings (SSSR count). The van der Waals surface area contributed by atoms with Crippen LogP contribution in [0, 0.1) is 11.8 Å². The second kappa shape index (κ2) is 5.56. The second-order valence-corrected chi connectivity index (χ2v) is 7.16. The summed E-state index contributed by atoms with van der Waals surface area (Å²) in [6.45, 7) is 2.02. The SMILES string of the molecule is CC(NC(=O)C1CC(=O)N(C2CCCC2)C1)(C(=O)O)C1CC1. The lowest BCUT2D eigenvalue weighted by Gasteiger charge is -2.28. The number of hydrogen-bond acceptors (Lipinski definition) is 3. The van der Waals surface area contributed by atoms with Crippen LogP contribution in [-0.2, 0) is 14.4 Å². The summed E-state index contributed by atoms with van der Waals surface area (Å²) in [6, 6.07) is 0.277. The number of carbonyl (C=O) groups is 3. The fourth-order valence-corrected chi connectivity index (χ4v) is 3.82. The predicted octanol–water partition coefficient (Wildman–Crippen LogP) is 1.15. The van der Waals surface area contributed by atoms with E-state index in [9.17, 15) is 19.5 Å². The van der Waals surface area contributed by atoms with Crippen molar-refractivity contribution in [3.63, 3.8) is 0 Å². The number of carbonyl (C=O) groups excluding carboxylic acids is 2. The van der Waals surface area contributed by atoms with Crippen LogP contribution in [0.1, 0.15) is 51.9 Å². The lowest BCUT2D eigenvalue weighted by Crippen LogP contribution is -2.55. The first kappa shape index (κ1) is 15.3. The van der Waals surface area contributed by atoms with E-state index >= 15 is 0 Å². The molecule has 2 atom stereocenters. The van der Waals surface area contributed by atoms with E-state index < -0.39 is 17.4 Å². The van der Waals surface area contributed by atoms with Gasteiger partial charge in [0.1, 0.15) is 5.54 Å². The minimum atomic E-state index is -1.19. The van der Waals surface area contributed by atoms with Crippen LogP contribution in [0.25, 0.3) is 0 Å². The normalized spacial score (nSPS) is 28.7. The van der Waals surface area contributed by atoms with Gasteiger partial charge in [-0.1, -0.05) is 12.8 Å². The summed E-state index contributed by atoms with van der Waals surface area (Å²) in [4.78, 5) is 37.9. The number of aliphatic carboxylic acids is 1. The average molecular weight is 308 g/mol. The third-order valence-corrected chi connectivity index (χ3v) is 5.52. The Kier molecular flexibility index (Phi) is 3.87. The van der Waals surface area contributed by atoms with E-state index in [2.05, 4.69) is 5.32 Å². The van der Waals surface area contributed by atoms with Gasteiger partial charge in [-0.2, -0.15) is 0 Å². The van der Waals surface area contributed by atoms with Crippen molar-refractivity contribution in [2.75, 3.05) is 6.54 Å². The van der Waals surface area contributed by atoms with Crippen LogP contribution in [-0.4, -0.2) is 45.9 Å². The standard InChI is InChI=1S/C16H24N2O4/c1-16(15(21)22,11-6-7-11)17-14(20)10-8-13(19)18(9-10)12-4-2-3-5-12/h10-12H,2-9H2,1H3,(H,17,20)(H,21,22). The lowest BCUT2D eigenvalue weighted by atomic mass is 9.94. The summed E-state index contributed by atoms with van der Waals surface area (Å²) in [5.74, 6) is -1.64. The molecule has 2 amide bonds. The average Bonchev–Trinajstić information content (AvgIpc) is 3.05. The second-order valence-electron chi connectivity index (χ2n) is 7.16. The minimum Gasteiger partial charge on any atom is -0.480 e. The van der Waals surface area contributed by atoms with Gasteiger partial charge in [0, 0.05) is 19.0 Å². The van der Waals surface area contributed by atoms with Crippen molar-refractivity contribution in [3.8, 4) is 0 Å². The molecule has 1 heterocycles. The number of carboxylic acid groups (broad SMARTS) is 1. The van der Waals surface area contributed by atoms with Crippen molar-refractivity contribution >= 4 is 17.8 Å². The molecule has 2 N–H and O–H groups in total. The number of hydrogen-bond donors (Lipinski definition) is 2. The number of nitrogens with zero attached hydrogens (tertiary/aromatic N) is 1. The zero-order valence-corrected chi connectivity index (χ0v) is 13.0. The van der Waals surface area contributed by atoms with Gasteiger partial charge in [-0.15, -0.1) is 0 Å². The molecule has 122 valence electrons. The van der Waals surface area contributed by atoms with Gasteiger partial charge in [0.05, 0.1) is 5.92 Å². The number of nitrogens with one attached hydrogen (secondary N) is 1. The van der Waals surface area contributed by atoms with Crippen LogP contribution in [0.5, 0.6) is 0 Å². The van der Waals surface area contributed by atoms with Crippen molar-refractivity contribution in [3.05, 3.63) is 0 Å².